The highest BCUT2D eigenvalue weighted by Gasteiger charge is 2.01. The van der Waals surface area contributed by atoms with E-state index in [9.17, 15) is 4.39 Å². The van der Waals surface area contributed by atoms with Crippen LogP contribution in [-0.2, 0) is 0 Å². The summed E-state index contributed by atoms with van der Waals surface area (Å²) in [6, 6.07) is 0. The summed E-state index contributed by atoms with van der Waals surface area (Å²) in [4.78, 5) is 4.22. The van der Waals surface area contributed by atoms with Gasteiger partial charge in [0.15, 0.2) is 5.82 Å². The van der Waals surface area contributed by atoms with Crippen molar-refractivity contribution < 1.29 is 4.39 Å². The van der Waals surface area contributed by atoms with Crippen LogP contribution in [0.15, 0.2) is 29.0 Å². The van der Waals surface area contributed by atoms with Crippen LogP contribution in [-0.4, -0.2) is 22.2 Å². The molecular weight excluding hydrogens is 181 g/mol. The van der Waals surface area contributed by atoms with Gasteiger partial charge in [0.1, 0.15) is 5.84 Å². The molecule has 1 rings (SSSR count). The molecule has 0 radical (unpaired) electrons. The summed E-state index contributed by atoms with van der Waals surface area (Å²) < 4.78 is 14.1. The van der Waals surface area contributed by atoms with Crippen molar-refractivity contribution in [1.82, 2.24) is 9.78 Å². The Balaban J connectivity index is 3.01. The molecule has 0 bridgehead atoms. The predicted octanol–water partition coefficient (Wildman–Crippen LogP) is 2.25. The number of nitrogens with zero attached hydrogens (tertiary/aromatic N) is 3. The summed E-state index contributed by atoms with van der Waals surface area (Å²) in [5.41, 5.74) is 1.10. The second-order valence-electron chi connectivity index (χ2n) is 3.16. The van der Waals surface area contributed by atoms with Crippen molar-refractivity contribution >= 4 is 5.84 Å². The van der Waals surface area contributed by atoms with E-state index in [0.717, 1.165) is 5.57 Å². The van der Waals surface area contributed by atoms with Gasteiger partial charge < -0.3 is 0 Å². The Bertz CT molecular complexity index is 359. The normalized spacial score (nSPS) is 11.6. The Morgan fingerprint density at radius 1 is 1.64 bits per heavy atom. The van der Waals surface area contributed by atoms with Crippen LogP contribution in [0.1, 0.15) is 20.8 Å². The number of hydrogen-bond donors (Lipinski definition) is 0. The molecule has 0 aliphatic rings. The fourth-order valence-corrected chi connectivity index (χ4v) is 1.03. The van der Waals surface area contributed by atoms with Gasteiger partial charge in [-0.3, -0.25) is 4.99 Å². The molecule has 0 saturated heterocycles. The summed E-state index contributed by atoms with van der Waals surface area (Å²) in [5.74, 6) is 0.312. The number of allylic oxidation sites excluding steroid dienone is 2. The first kappa shape index (κ1) is 10.6. The first-order valence-electron chi connectivity index (χ1n) is 4.53. The van der Waals surface area contributed by atoms with E-state index >= 15 is 0 Å². The molecule has 0 atom stereocenters. The maximum Gasteiger partial charge on any atom is 0.161 e. The minimum atomic E-state index is -0.351. The van der Waals surface area contributed by atoms with E-state index in [1.165, 1.54) is 17.1 Å². The molecule has 1 heterocycles. The zero-order valence-corrected chi connectivity index (χ0v) is 8.66. The molecule has 0 unspecified atom stereocenters. The second-order valence-corrected chi connectivity index (χ2v) is 3.16. The maximum absolute atomic E-state index is 12.7. The molecule has 0 aromatic carbocycles. The van der Waals surface area contributed by atoms with Crippen molar-refractivity contribution in [3.8, 4) is 0 Å². The van der Waals surface area contributed by atoms with Crippen molar-refractivity contribution in [2.75, 3.05) is 6.54 Å². The molecule has 0 aliphatic heterocycles. The van der Waals surface area contributed by atoms with Gasteiger partial charge in [-0.05, 0) is 26.8 Å². The van der Waals surface area contributed by atoms with Gasteiger partial charge in [-0.1, -0.05) is 5.57 Å². The van der Waals surface area contributed by atoms with E-state index in [0.29, 0.717) is 12.4 Å². The lowest BCUT2D eigenvalue weighted by Crippen LogP contribution is -2.10. The Morgan fingerprint density at radius 3 is 2.79 bits per heavy atom. The third-order valence-electron chi connectivity index (χ3n) is 1.52. The second kappa shape index (κ2) is 4.69. The molecule has 1 aromatic rings. The number of rotatable bonds is 2. The van der Waals surface area contributed by atoms with Crippen LogP contribution in [0, 0.1) is 5.82 Å². The fourth-order valence-electron chi connectivity index (χ4n) is 1.03. The predicted molar refractivity (Wildman–Crippen MR) is 55.0 cm³/mol. The summed E-state index contributed by atoms with van der Waals surface area (Å²) in [6.45, 7) is 6.51. The molecule has 4 heteroatoms. The summed E-state index contributed by atoms with van der Waals surface area (Å²) >= 11 is 0. The van der Waals surface area contributed by atoms with Gasteiger partial charge >= 0.3 is 0 Å². The lowest BCUT2D eigenvalue weighted by molar-refractivity contribution is 0.627. The van der Waals surface area contributed by atoms with Gasteiger partial charge in [0.05, 0.1) is 12.4 Å². The molecule has 0 N–H and O–H groups in total. The van der Waals surface area contributed by atoms with Crippen LogP contribution in [0.25, 0.3) is 0 Å². The minimum Gasteiger partial charge on any atom is -0.267 e. The highest BCUT2D eigenvalue weighted by atomic mass is 19.1. The topological polar surface area (TPSA) is 30.2 Å². The van der Waals surface area contributed by atoms with Gasteiger partial charge in [0, 0.05) is 6.54 Å². The fraction of sp³-hybridized carbons (Fsp3) is 0.400. The zero-order chi connectivity index (χ0) is 10.6. The molecule has 3 nitrogen and oxygen atoms in total. The molecular formula is C10H14FN3. The van der Waals surface area contributed by atoms with E-state index < -0.39 is 0 Å². The summed E-state index contributed by atoms with van der Waals surface area (Å²) in [5, 5.41) is 3.85. The van der Waals surface area contributed by atoms with Gasteiger partial charge in [-0.2, -0.15) is 5.10 Å². The zero-order valence-electron chi connectivity index (χ0n) is 8.66. The van der Waals surface area contributed by atoms with Crippen LogP contribution in [0.4, 0.5) is 4.39 Å². The average Bonchev–Trinajstić information content (AvgIpc) is 2.50. The van der Waals surface area contributed by atoms with Crippen LogP contribution >= 0.6 is 0 Å². The van der Waals surface area contributed by atoms with E-state index in [2.05, 4.69) is 10.1 Å². The molecule has 0 amide bonds. The van der Waals surface area contributed by atoms with Gasteiger partial charge in [-0.25, -0.2) is 9.07 Å². The van der Waals surface area contributed by atoms with Crippen LogP contribution < -0.4 is 0 Å². The van der Waals surface area contributed by atoms with Crippen molar-refractivity contribution in [3.63, 3.8) is 0 Å². The average molecular weight is 195 g/mol. The molecule has 0 aliphatic carbocycles. The standard InChI is InChI=1S/C10H14FN3/c1-4-12-10(5-8(2)3)14-7-9(11)6-13-14/h5-7H,4H2,1-3H3/b12-10+. The lowest BCUT2D eigenvalue weighted by atomic mass is 10.3. The number of halogens is 1. The molecule has 76 valence electrons. The maximum atomic E-state index is 12.7. The van der Waals surface area contributed by atoms with Crippen molar-refractivity contribution in [2.24, 2.45) is 4.99 Å². The van der Waals surface area contributed by atoms with E-state index in [1.807, 2.05) is 26.8 Å². The third-order valence-corrected chi connectivity index (χ3v) is 1.52. The minimum absolute atomic E-state index is 0.351. The smallest absolute Gasteiger partial charge is 0.161 e. The summed E-state index contributed by atoms with van der Waals surface area (Å²) in [7, 11) is 0. The summed E-state index contributed by atoms with van der Waals surface area (Å²) in [6.07, 6.45) is 4.36. The molecule has 1 aromatic heterocycles. The lowest BCUT2D eigenvalue weighted by Gasteiger charge is -2.00. The highest BCUT2D eigenvalue weighted by molar-refractivity contribution is 5.94. The highest BCUT2D eigenvalue weighted by Crippen LogP contribution is 1.98. The number of aliphatic imine (C=N–C) groups is 1. The van der Waals surface area contributed by atoms with Crippen LogP contribution in [0.5, 0.6) is 0 Å². The van der Waals surface area contributed by atoms with E-state index in [4.69, 9.17) is 0 Å². The monoisotopic (exact) mass is 195 g/mol. The van der Waals surface area contributed by atoms with Crippen LogP contribution in [0.3, 0.4) is 0 Å². The Kier molecular flexibility index (Phi) is 3.56. The first-order chi connectivity index (χ1) is 6.63. The third kappa shape index (κ3) is 2.80. The molecule has 0 fully saturated rings. The first-order valence-corrected chi connectivity index (χ1v) is 4.53. The van der Waals surface area contributed by atoms with Gasteiger partial charge in [0.2, 0.25) is 0 Å². The van der Waals surface area contributed by atoms with Crippen molar-refractivity contribution in [2.45, 2.75) is 20.8 Å². The molecule has 14 heavy (non-hydrogen) atoms. The SMILES string of the molecule is CC/N=C(\C=C(C)C)n1cc(F)cn1. The Morgan fingerprint density at radius 2 is 2.36 bits per heavy atom. The quantitative estimate of drug-likeness (QED) is 0.526. The molecule has 0 spiro atoms. The van der Waals surface area contributed by atoms with Crippen molar-refractivity contribution in [3.05, 3.63) is 29.9 Å². The molecule has 0 saturated carbocycles. The van der Waals surface area contributed by atoms with E-state index in [-0.39, 0.29) is 5.82 Å². The Labute approximate surface area is 83.0 Å². The number of aromatic nitrogens is 2. The van der Waals surface area contributed by atoms with E-state index in [1.54, 1.807) is 0 Å². The Hall–Kier alpha value is -1.45. The largest absolute Gasteiger partial charge is 0.267 e. The van der Waals surface area contributed by atoms with Crippen molar-refractivity contribution in [1.29, 1.82) is 0 Å². The van der Waals surface area contributed by atoms with Gasteiger partial charge in [0.25, 0.3) is 0 Å². The number of hydrogen-bond acceptors (Lipinski definition) is 2. The van der Waals surface area contributed by atoms with Gasteiger partial charge in [-0.15, -0.1) is 0 Å². The van der Waals surface area contributed by atoms with Crippen LogP contribution in [0.2, 0.25) is 0 Å².